The lowest BCUT2D eigenvalue weighted by molar-refractivity contribution is -0.131. The van der Waals surface area contributed by atoms with Crippen molar-refractivity contribution < 1.29 is 13.7 Å². The number of para-hydroxylation sites is 1. The maximum Gasteiger partial charge on any atom is 0.155 e. The molecule has 4 aliphatic rings. The number of benzene rings is 1. The summed E-state index contributed by atoms with van der Waals surface area (Å²) in [6.07, 6.45) is 11.1. The van der Waals surface area contributed by atoms with Crippen molar-refractivity contribution in [3.63, 3.8) is 0 Å². The summed E-state index contributed by atoms with van der Waals surface area (Å²) in [5.41, 5.74) is 1.50. The Morgan fingerprint density at radius 2 is 1.87 bits per heavy atom. The molecule has 6 atom stereocenters. The summed E-state index contributed by atoms with van der Waals surface area (Å²) in [6.45, 7) is 4.70. The first-order valence-electron chi connectivity index (χ1n) is 11.3. The van der Waals surface area contributed by atoms with Crippen LogP contribution in [0.5, 0.6) is 5.75 Å². The topological polar surface area (TPSA) is 35.5 Å². The Bertz CT molecular complexity index is 891. The van der Waals surface area contributed by atoms with Crippen LogP contribution in [-0.4, -0.2) is 18.1 Å². The van der Waals surface area contributed by atoms with Crippen molar-refractivity contribution in [2.45, 2.75) is 57.6 Å². The summed E-state index contributed by atoms with van der Waals surface area (Å²) < 4.78 is 11.5. The van der Waals surface area contributed by atoms with E-state index in [4.69, 9.17) is 8.92 Å². The van der Waals surface area contributed by atoms with Crippen molar-refractivity contribution in [2.75, 3.05) is 7.11 Å². The smallest absolute Gasteiger partial charge is 0.155 e. The highest BCUT2D eigenvalue weighted by atomic mass is 32.2. The van der Waals surface area contributed by atoms with Crippen LogP contribution in [0.25, 0.3) is 0 Å². The maximum atomic E-state index is 13.5. The Morgan fingerprint density at radius 3 is 2.63 bits per heavy atom. The average molecular weight is 425 g/mol. The summed E-state index contributed by atoms with van der Waals surface area (Å²) in [6, 6.07) is 9.83. The van der Waals surface area contributed by atoms with E-state index in [1.165, 1.54) is 17.6 Å². The number of hydrogen-bond donors (Lipinski definition) is 0. The van der Waals surface area contributed by atoms with Gasteiger partial charge < -0.3 is 8.92 Å². The molecule has 4 heteroatoms. The molecule has 0 N–H and O–H groups in total. The molecule has 4 unspecified atom stereocenters. The number of hydrogen-bond acceptors (Lipinski definition) is 4. The molecule has 0 aliphatic heterocycles. The molecule has 0 radical (unpaired) electrons. The SMILES string of the molecule is COC1=CC2=CCC3C(CC[C@]4(C)C(=O)C(SOc5ccccc5)CC34)[C@@]2(C)CC1. The summed E-state index contributed by atoms with van der Waals surface area (Å²) in [5, 5.41) is -0.0523. The number of ether oxygens (including phenoxy) is 1. The van der Waals surface area contributed by atoms with E-state index in [1.54, 1.807) is 7.11 Å². The van der Waals surface area contributed by atoms with Gasteiger partial charge in [-0.3, -0.25) is 4.79 Å². The highest BCUT2D eigenvalue weighted by Crippen LogP contribution is 2.64. The number of fused-ring (bicyclic) bond motifs is 5. The molecule has 2 fully saturated rings. The molecule has 1 aromatic rings. The van der Waals surface area contributed by atoms with E-state index in [1.807, 2.05) is 30.3 Å². The molecule has 3 nitrogen and oxygen atoms in total. The van der Waals surface area contributed by atoms with E-state index in [0.717, 1.165) is 50.0 Å². The van der Waals surface area contributed by atoms with Gasteiger partial charge in [-0.2, -0.15) is 0 Å². The Kier molecular flexibility index (Phi) is 5.04. The van der Waals surface area contributed by atoms with Crippen LogP contribution in [0.3, 0.4) is 0 Å². The fourth-order valence-corrected chi connectivity index (χ4v) is 7.88. The second-order valence-corrected chi connectivity index (χ2v) is 11.0. The number of carbonyl (C=O) groups excluding carboxylic acids is 1. The predicted molar refractivity (Wildman–Crippen MR) is 121 cm³/mol. The van der Waals surface area contributed by atoms with Gasteiger partial charge in [-0.15, -0.1) is 0 Å². The Labute approximate surface area is 184 Å². The zero-order valence-corrected chi connectivity index (χ0v) is 19.0. The first-order chi connectivity index (χ1) is 14.5. The first-order valence-corrected chi connectivity index (χ1v) is 12.1. The Balaban J connectivity index is 1.37. The standard InChI is InChI=1S/C26H32O3S/c1-25-13-11-19(28-3)15-17(25)9-10-20-21(25)12-14-26(2)22(20)16-23(24(26)27)30-29-18-7-5-4-6-8-18/h4-9,15,20-23H,10-14,16H2,1-3H3/t20?,21?,22?,23?,25-,26-/m0/s1. The van der Waals surface area contributed by atoms with Crippen molar-refractivity contribution >= 4 is 17.8 Å². The molecular weight excluding hydrogens is 392 g/mol. The van der Waals surface area contributed by atoms with Crippen molar-refractivity contribution in [1.29, 1.82) is 0 Å². The third-order valence-corrected chi connectivity index (χ3v) is 9.64. The van der Waals surface area contributed by atoms with Crippen LogP contribution in [0.4, 0.5) is 0 Å². The second-order valence-electron chi connectivity index (χ2n) is 10.0. The minimum absolute atomic E-state index is 0.0523. The third kappa shape index (κ3) is 3.05. The van der Waals surface area contributed by atoms with Gasteiger partial charge in [0.25, 0.3) is 0 Å². The maximum absolute atomic E-state index is 13.5. The van der Waals surface area contributed by atoms with E-state index in [-0.39, 0.29) is 16.1 Å². The largest absolute Gasteiger partial charge is 0.501 e. The van der Waals surface area contributed by atoms with E-state index in [0.29, 0.717) is 23.5 Å². The van der Waals surface area contributed by atoms with Gasteiger partial charge in [0.05, 0.1) is 24.9 Å². The second kappa shape index (κ2) is 7.47. The summed E-state index contributed by atoms with van der Waals surface area (Å²) >= 11 is 1.38. The molecule has 0 spiro atoms. The summed E-state index contributed by atoms with van der Waals surface area (Å²) in [4.78, 5) is 13.5. The van der Waals surface area contributed by atoms with Gasteiger partial charge in [-0.25, -0.2) is 0 Å². The average Bonchev–Trinajstić information content (AvgIpc) is 3.03. The van der Waals surface area contributed by atoms with E-state index in [9.17, 15) is 4.79 Å². The van der Waals surface area contributed by atoms with Crippen LogP contribution in [0.15, 0.2) is 53.8 Å². The lowest BCUT2D eigenvalue weighted by atomic mass is 9.49. The Morgan fingerprint density at radius 1 is 1.07 bits per heavy atom. The zero-order valence-electron chi connectivity index (χ0n) is 18.2. The number of methoxy groups -OCH3 is 1. The molecule has 0 saturated heterocycles. The molecule has 0 amide bonds. The highest BCUT2D eigenvalue weighted by Gasteiger charge is 2.61. The van der Waals surface area contributed by atoms with Crippen LogP contribution in [-0.2, 0) is 9.53 Å². The van der Waals surface area contributed by atoms with Gasteiger partial charge in [-0.05, 0) is 79.1 Å². The molecule has 1 aromatic carbocycles. The van der Waals surface area contributed by atoms with Gasteiger partial charge in [0.15, 0.2) is 5.78 Å². The van der Waals surface area contributed by atoms with Crippen LogP contribution < -0.4 is 4.18 Å². The zero-order chi connectivity index (χ0) is 20.9. The van der Waals surface area contributed by atoms with E-state index < -0.39 is 0 Å². The molecule has 160 valence electrons. The molecule has 30 heavy (non-hydrogen) atoms. The van der Waals surface area contributed by atoms with Gasteiger partial charge in [0.2, 0.25) is 0 Å². The van der Waals surface area contributed by atoms with Crippen LogP contribution in [0, 0.1) is 28.6 Å². The molecular formula is C26H32O3S. The first kappa shape index (κ1) is 20.2. The van der Waals surface area contributed by atoms with Crippen LogP contribution in [0.1, 0.15) is 52.4 Å². The van der Waals surface area contributed by atoms with Gasteiger partial charge >= 0.3 is 0 Å². The monoisotopic (exact) mass is 424 g/mol. The van der Waals surface area contributed by atoms with E-state index >= 15 is 0 Å². The Hall–Kier alpha value is -1.68. The van der Waals surface area contributed by atoms with Crippen molar-refractivity contribution in [3.8, 4) is 5.75 Å². The lowest BCUT2D eigenvalue weighted by Gasteiger charge is -2.55. The van der Waals surface area contributed by atoms with Gasteiger partial charge in [-0.1, -0.05) is 38.1 Å². The predicted octanol–water partition coefficient (Wildman–Crippen LogP) is 6.36. The number of ketones is 1. The molecule has 0 heterocycles. The number of Topliss-reactive ketones (excluding diaryl/α,β-unsaturated/α-hetero) is 1. The molecule has 4 aliphatic carbocycles. The molecule has 0 bridgehead atoms. The fourth-order valence-electron chi connectivity index (χ4n) is 6.90. The van der Waals surface area contributed by atoms with Crippen LogP contribution in [0.2, 0.25) is 0 Å². The molecule has 0 aromatic heterocycles. The molecule has 5 rings (SSSR count). The third-order valence-electron chi connectivity index (χ3n) is 8.71. The van der Waals surface area contributed by atoms with Crippen molar-refractivity contribution in [1.82, 2.24) is 0 Å². The number of allylic oxidation sites excluding steroid dienone is 4. The van der Waals surface area contributed by atoms with Crippen molar-refractivity contribution in [2.24, 2.45) is 28.6 Å². The fraction of sp³-hybridized carbons (Fsp3) is 0.577. The molecule has 2 saturated carbocycles. The quantitative estimate of drug-likeness (QED) is 0.527. The minimum Gasteiger partial charge on any atom is -0.501 e. The summed E-state index contributed by atoms with van der Waals surface area (Å²) in [5.74, 6) is 4.08. The highest BCUT2D eigenvalue weighted by molar-refractivity contribution is 7.96. The van der Waals surface area contributed by atoms with E-state index in [2.05, 4.69) is 26.0 Å². The number of carbonyl (C=O) groups is 1. The lowest BCUT2D eigenvalue weighted by Crippen LogP contribution is -2.49. The minimum atomic E-state index is -0.192. The summed E-state index contributed by atoms with van der Waals surface area (Å²) in [7, 11) is 1.78. The normalized spacial score (nSPS) is 39.9. The van der Waals surface area contributed by atoms with Crippen LogP contribution >= 0.6 is 12.0 Å². The van der Waals surface area contributed by atoms with Gasteiger partial charge in [0.1, 0.15) is 11.0 Å². The number of rotatable bonds is 4. The van der Waals surface area contributed by atoms with Crippen molar-refractivity contribution in [3.05, 3.63) is 53.8 Å². The van der Waals surface area contributed by atoms with Gasteiger partial charge in [0, 0.05) is 11.8 Å².